The minimum absolute atomic E-state index is 1.40. The highest BCUT2D eigenvalue weighted by Gasteiger charge is 2.07. The first kappa shape index (κ1) is 9.80. The molecule has 13 heavy (non-hydrogen) atoms. The van der Waals surface area contributed by atoms with E-state index >= 15 is 0 Å². The monoisotopic (exact) mass is 320 g/mol. The van der Waals surface area contributed by atoms with Crippen molar-refractivity contribution in [2.45, 2.75) is 11.8 Å². The van der Waals surface area contributed by atoms with Crippen molar-refractivity contribution in [3.05, 3.63) is 26.6 Å². The van der Waals surface area contributed by atoms with Crippen LogP contribution in [0.3, 0.4) is 0 Å². The second kappa shape index (κ2) is 3.79. The first-order chi connectivity index (χ1) is 6.24. The van der Waals surface area contributed by atoms with Crippen molar-refractivity contribution in [1.29, 1.82) is 0 Å². The summed E-state index contributed by atoms with van der Waals surface area (Å²) in [6.07, 6.45) is 2.14. The standard InChI is InChI=1S/C10H9IS2/c1-6-7-3-4-13-8(7)5-9(12-2)10(6)11/h3-5H,1-2H3. The van der Waals surface area contributed by atoms with E-state index < -0.39 is 0 Å². The molecule has 3 heteroatoms. The Bertz CT molecular complexity index is 445. The molecule has 0 atom stereocenters. The minimum Gasteiger partial charge on any atom is -0.144 e. The molecule has 2 aromatic rings. The number of rotatable bonds is 1. The maximum atomic E-state index is 2.43. The normalized spacial score (nSPS) is 11.0. The summed E-state index contributed by atoms with van der Waals surface area (Å²) >= 11 is 6.08. The number of thioether (sulfide) groups is 1. The Morgan fingerprint density at radius 3 is 2.92 bits per heavy atom. The van der Waals surface area contributed by atoms with Gasteiger partial charge in [-0.3, -0.25) is 0 Å². The lowest BCUT2D eigenvalue weighted by atomic mass is 10.1. The molecular weight excluding hydrogens is 311 g/mol. The van der Waals surface area contributed by atoms with Gasteiger partial charge in [-0.25, -0.2) is 0 Å². The summed E-state index contributed by atoms with van der Waals surface area (Å²) in [5.74, 6) is 0. The van der Waals surface area contributed by atoms with Gasteiger partial charge in [0, 0.05) is 13.2 Å². The van der Waals surface area contributed by atoms with Gasteiger partial charge in [0.25, 0.3) is 0 Å². The van der Waals surface area contributed by atoms with Gasteiger partial charge in [0.1, 0.15) is 0 Å². The Morgan fingerprint density at radius 2 is 2.23 bits per heavy atom. The van der Waals surface area contributed by atoms with E-state index in [1.165, 1.54) is 24.1 Å². The fourth-order valence-electron chi connectivity index (χ4n) is 1.38. The Balaban J connectivity index is 2.83. The first-order valence-electron chi connectivity index (χ1n) is 3.94. The zero-order valence-corrected chi connectivity index (χ0v) is 11.2. The Hall–Kier alpha value is 0.260. The van der Waals surface area contributed by atoms with E-state index in [9.17, 15) is 0 Å². The van der Waals surface area contributed by atoms with E-state index in [0.29, 0.717) is 0 Å². The third kappa shape index (κ3) is 1.62. The summed E-state index contributed by atoms with van der Waals surface area (Å²) in [5, 5.41) is 3.57. The predicted molar refractivity (Wildman–Crippen MR) is 71.1 cm³/mol. The van der Waals surface area contributed by atoms with E-state index in [0.717, 1.165) is 0 Å². The topological polar surface area (TPSA) is 0 Å². The second-order valence-corrected chi connectivity index (χ2v) is 5.72. The third-order valence-electron chi connectivity index (χ3n) is 2.13. The van der Waals surface area contributed by atoms with Crippen LogP contribution in [0.1, 0.15) is 5.56 Å². The number of aryl methyl sites for hydroxylation is 1. The maximum Gasteiger partial charge on any atom is 0.0357 e. The SMILES string of the molecule is CSc1cc2sccc2c(C)c1I. The van der Waals surface area contributed by atoms with Gasteiger partial charge < -0.3 is 0 Å². The second-order valence-electron chi connectivity index (χ2n) is 2.85. The average molecular weight is 320 g/mol. The summed E-state index contributed by atoms with van der Waals surface area (Å²) in [6.45, 7) is 2.20. The van der Waals surface area contributed by atoms with Crippen molar-refractivity contribution >= 4 is 55.8 Å². The van der Waals surface area contributed by atoms with Crippen LogP contribution in [0, 0.1) is 10.5 Å². The van der Waals surface area contributed by atoms with Crippen LogP contribution in [0.15, 0.2) is 22.4 Å². The van der Waals surface area contributed by atoms with Crippen molar-refractivity contribution in [1.82, 2.24) is 0 Å². The molecule has 1 aromatic heterocycles. The minimum atomic E-state index is 1.40. The van der Waals surface area contributed by atoms with E-state index in [2.05, 4.69) is 53.3 Å². The van der Waals surface area contributed by atoms with Gasteiger partial charge in [-0.05, 0) is 64.2 Å². The molecule has 68 valence electrons. The molecule has 0 aliphatic carbocycles. The fraction of sp³-hybridized carbons (Fsp3) is 0.200. The number of fused-ring (bicyclic) bond motifs is 1. The molecule has 1 aromatic carbocycles. The zero-order valence-electron chi connectivity index (χ0n) is 7.43. The van der Waals surface area contributed by atoms with Gasteiger partial charge in [-0.2, -0.15) is 0 Å². The van der Waals surface area contributed by atoms with E-state index in [1.807, 2.05) is 23.1 Å². The lowest BCUT2D eigenvalue weighted by Crippen LogP contribution is -1.84. The zero-order chi connectivity index (χ0) is 9.42. The number of hydrogen-bond acceptors (Lipinski definition) is 2. The Labute approximate surface area is 99.9 Å². The highest BCUT2D eigenvalue weighted by Crippen LogP contribution is 2.34. The molecule has 2 rings (SSSR count). The first-order valence-corrected chi connectivity index (χ1v) is 7.12. The van der Waals surface area contributed by atoms with Gasteiger partial charge in [0.05, 0.1) is 0 Å². The van der Waals surface area contributed by atoms with Gasteiger partial charge in [0.15, 0.2) is 0 Å². The van der Waals surface area contributed by atoms with E-state index in [4.69, 9.17) is 0 Å². The van der Waals surface area contributed by atoms with Crippen LogP contribution in [-0.2, 0) is 0 Å². The lowest BCUT2D eigenvalue weighted by Gasteiger charge is -2.05. The van der Waals surface area contributed by atoms with Crippen molar-refractivity contribution < 1.29 is 0 Å². The van der Waals surface area contributed by atoms with Crippen molar-refractivity contribution in [3.8, 4) is 0 Å². The van der Waals surface area contributed by atoms with Crippen LogP contribution in [0.25, 0.3) is 10.1 Å². The molecule has 0 saturated heterocycles. The maximum absolute atomic E-state index is 2.43. The smallest absolute Gasteiger partial charge is 0.0357 e. The lowest BCUT2D eigenvalue weighted by molar-refractivity contribution is 1.36. The number of hydrogen-bond donors (Lipinski definition) is 0. The summed E-state index contributed by atoms with van der Waals surface area (Å²) < 4.78 is 2.80. The van der Waals surface area contributed by atoms with Crippen LogP contribution in [-0.4, -0.2) is 6.26 Å². The van der Waals surface area contributed by atoms with Crippen LogP contribution < -0.4 is 0 Å². The molecule has 0 N–H and O–H groups in total. The van der Waals surface area contributed by atoms with Crippen LogP contribution in [0.4, 0.5) is 0 Å². The van der Waals surface area contributed by atoms with Gasteiger partial charge in [0.2, 0.25) is 0 Å². The van der Waals surface area contributed by atoms with E-state index in [-0.39, 0.29) is 0 Å². The van der Waals surface area contributed by atoms with Crippen LogP contribution in [0.5, 0.6) is 0 Å². The number of thiophene rings is 1. The average Bonchev–Trinajstić information content (AvgIpc) is 2.59. The number of halogens is 1. The largest absolute Gasteiger partial charge is 0.144 e. The van der Waals surface area contributed by atoms with Gasteiger partial charge in [-0.1, -0.05) is 0 Å². The molecule has 0 unspecified atom stereocenters. The van der Waals surface area contributed by atoms with Crippen LogP contribution >= 0.6 is 45.7 Å². The quantitative estimate of drug-likeness (QED) is 0.549. The molecule has 0 saturated carbocycles. The molecular formula is C10H9IS2. The Morgan fingerprint density at radius 1 is 1.46 bits per heavy atom. The highest BCUT2D eigenvalue weighted by molar-refractivity contribution is 14.1. The summed E-state index contributed by atoms with van der Waals surface area (Å²) in [4.78, 5) is 1.40. The Kier molecular flexibility index (Phi) is 2.86. The highest BCUT2D eigenvalue weighted by atomic mass is 127. The van der Waals surface area contributed by atoms with Crippen LogP contribution in [0.2, 0.25) is 0 Å². The molecule has 0 radical (unpaired) electrons. The van der Waals surface area contributed by atoms with Gasteiger partial charge >= 0.3 is 0 Å². The predicted octanol–water partition coefficient (Wildman–Crippen LogP) is 4.54. The fourth-order valence-corrected chi connectivity index (χ4v) is 4.01. The number of benzene rings is 1. The molecule has 0 bridgehead atoms. The molecule has 0 nitrogen and oxygen atoms in total. The van der Waals surface area contributed by atoms with Crippen molar-refractivity contribution in [2.75, 3.05) is 6.26 Å². The molecule has 0 aliphatic rings. The molecule has 0 fully saturated rings. The third-order valence-corrected chi connectivity index (χ3v) is 5.51. The molecule has 1 heterocycles. The van der Waals surface area contributed by atoms with E-state index in [1.54, 1.807) is 0 Å². The van der Waals surface area contributed by atoms with Crippen molar-refractivity contribution in [3.63, 3.8) is 0 Å². The summed E-state index contributed by atoms with van der Waals surface area (Å²) in [7, 11) is 0. The summed E-state index contributed by atoms with van der Waals surface area (Å²) in [5.41, 5.74) is 1.42. The molecule has 0 amide bonds. The van der Waals surface area contributed by atoms with Gasteiger partial charge in [-0.15, -0.1) is 23.1 Å². The molecule has 0 spiro atoms. The molecule has 0 aliphatic heterocycles. The van der Waals surface area contributed by atoms with Crippen molar-refractivity contribution in [2.24, 2.45) is 0 Å². The summed E-state index contributed by atoms with van der Waals surface area (Å²) in [6, 6.07) is 4.50.